The van der Waals surface area contributed by atoms with Gasteiger partial charge in [-0.2, -0.15) is 9.61 Å². The number of nitrogens with one attached hydrogen (secondary N) is 1. The van der Waals surface area contributed by atoms with Crippen molar-refractivity contribution in [3.63, 3.8) is 0 Å². The molecule has 25 heavy (non-hydrogen) atoms. The lowest BCUT2D eigenvalue weighted by Crippen LogP contribution is -2.34. The molecule has 0 amide bonds. The molecule has 6 nitrogen and oxygen atoms in total. The highest BCUT2D eigenvalue weighted by atomic mass is 16.5. The second-order valence-corrected chi connectivity index (χ2v) is 6.12. The molecule has 1 unspecified atom stereocenters. The molecule has 2 aromatic carbocycles. The number of hydrogen-bond donors (Lipinski definition) is 1. The average molecular weight is 331 g/mol. The summed E-state index contributed by atoms with van der Waals surface area (Å²) in [5, 5.41) is 19.2. The topological polar surface area (TPSA) is 64.3 Å². The fourth-order valence-corrected chi connectivity index (χ4v) is 3.35. The molecule has 1 N–H and O–H groups in total. The molecule has 4 aromatic rings. The SMILES string of the molecule is c1ccc(-c2nnc3c4ccccc4c(C4CNCCO4)nn23)cc1. The number of hydrogen-bond acceptors (Lipinski definition) is 5. The van der Waals surface area contributed by atoms with E-state index in [9.17, 15) is 0 Å². The van der Waals surface area contributed by atoms with E-state index in [1.807, 2.05) is 47.0 Å². The molecule has 1 aliphatic rings. The summed E-state index contributed by atoms with van der Waals surface area (Å²) in [7, 11) is 0. The molecule has 0 spiro atoms. The highest BCUT2D eigenvalue weighted by molar-refractivity contribution is 5.95. The van der Waals surface area contributed by atoms with Crippen molar-refractivity contribution in [1.82, 2.24) is 25.1 Å². The Morgan fingerprint density at radius 3 is 2.56 bits per heavy atom. The van der Waals surface area contributed by atoms with Crippen LogP contribution >= 0.6 is 0 Å². The van der Waals surface area contributed by atoms with Gasteiger partial charge in [0.15, 0.2) is 11.5 Å². The van der Waals surface area contributed by atoms with Crippen molar-refractivity contribution in [3.05, 3.63) is 60.3 Å². The molecule has 6 heteroatoms. The van der Waals surface area contributed by atoms with Gasteiger partial charge in [-0.05, 0) is 0 Å². The first-order valence-electron chi connectivity index (χ1n) is 8.43. The summed E-state index contributed by atoms with van der Waals surface area (Å²) in [5.74, 6) is 0.742. The van der Waals surface area contributed by atoms with Crippen LogP contribution in [0, 0.1) is 0 Å². The van der Waals surface area contributed by atoms with E-state index in [-0.39, 0.29) is 6.10 Å². The van der Waals surface area contributed by atoms with Gasteiger partial charge in [-0.15, -0.1) is 10.2 Å². The maximum atomic E-state index is 5.96. The van der Waals surface area contributed by atoms with Crippen molar-refractivity contribution < 1.29 is 4.74 Å². The Hall–Kier alpha value is -2.83. The van der Waals surface area contributed by atoms with Gasteiger partial charge in [0, 0.05) is 29.4 Å². The van der Waals surface area contributed by atoms with E-state index in [0.717, 1.165) is 46.6 Å². The van der Waals surface area contributed by atoms with Crippen LogP contribution in [0.2, 0.25) is 0 Å². The van der Waals surface area contributed by atoms with Gasteiger partial charge in [-0.3, -0.25) is 0 Å². The zero-order valence-electron chi connectivity index (χ0n) is 13.6. The first-order chi connectivity index (χ1) is 12.4. The van der Waals surface area contributed by atoms with Gasteiger partial charge in [-0.25, -0.2) is 0 Å². The Bertz CT molecular complexity index is 1040. The molecule has 0 radical (unpaired) electrons. The van der Waals surface area contributed by atoms with Crippen LogP contribution in [0.25, 0.3) is 27.8 Å². The summed E-state index contributed by atoms with van der Waals surface area (Å²) < 4.78 is 7.80. The normalized spacial score (nSPS) is 18.0. The van der Waals surface area contributed by atoms with Gasteiger partial charge in [0.05, 0.1) is 12.3 Å². The second-order valence-electron chi connectivity index (χ2n) is 6.12. The van der Waals surface area contributed by atoms with Crippen molar-refractivity contribution in [3.8, 4) is 11.4 Å². The van der Waals surface area contributed by atoms with Crippen LogP contribution in [0.4, 0.5) is 0 Å². The Labute approximate surface area is 144 Å². The van der Waals surface area contributed by atoms with Gasteiger partial charge in [0.1, 0.15) is 6.10 Å². The summed E-state index contributed by atoms with van der Waals surface area (Å²) >= 11 is 0. The summed E-state index contributed by atoms with van der Waals surface area (Å²) in [5.41, 5.74) is 2.68. The minimum absolute atomic E-state index is 0.0749. The minimum atomic E-state index is -0.0749. The lowest BCUT2D eigenvalue weighted by Gasteiger charge is -2.24. The highest BCUT2D eigenvalue weighted by Gasteiger charge is 2.23. The number of fused-ring (bicyclic) bond motifs is 3. The number of ether oxygens (including phenoxy) is 1. The summed E-state index contributed by atoms with van der Waals surface area (Å²) in [4.78, 5) is 0. The quantitative estimate of drug-likeness (QED) is 0.612. The van der Waals surface area contributed by atoms with Gasteiger partial charge in [0.2, 0.25) is 0 Å². The summed E-state index contributed by atoms with van der Waals surface area (Å²) in [6.07, 6.45) is -0.0749. The Morgan fingerprint density at radius 1 is 0.960 bits per heavy atom. The van der Waals surface area contributed by atoms with Crippen molar-refractivity contribution in [2.24, 2.45) is 0 Å². The van der Waals surface area contributed by atoms with Crippen molar-refractivity contribution >= 4 is 16.4 Å². The third-order valence-electron chi connectivity index (χ3n) is 4.56. The van der Waals surface area contributed by atoms with E-state index in [4.69, 9.17) is 9.84 Å². The molecule has 124 valence electrons. The zero-order valence-corrected chi connectivity index (χ0v) is 13.6. The Balaban J connectivity index is 1.80. The fourth-order valence-electron chi connectivity index (χ4n) is 3.35. The van der Waals surface area contributed by atoms with Crippen LogP contribution < -0.4 is 5.32 Å². The third-order valence-corrected chi connectivity index (χ3v) is 4.56. The van der Waals surface area contributed by atoms with E-state index < -0.39 is 0 Å². The Kier molecular flexibility index (Phi) is 3.43. The molecule has 5 rings (SSSR count). The van der Waals surface area contributed by atoms with Gasteiger partial charge in [0.25, 0.3) is 0 Å². The molecule has 0 bridgehead atoms. The van der Waals surface area contributed by atoms with Crippen molar-refractivity contribution in [1.29, 1.82) is 0 Å². The number of morpholine rings is 1. The molecule has 3 heterocycles. The maximum Gasteiger partial charge on any atom is 0.186 e. The van der Waals surface area contributed by atoms with Gasteiger partial charge >= 0.3 is 0 Å². The average Bonchev–Trinajstić information content (AvgIpc) is 3.13. The summed E-state index contributed by atoms with van der Waals surface area (Å²) in [6, 6.07) is 18.2. The largest absolute Gasteiger partial charge is 0.369 e. The van der Waals surface area contributed by atoms with E-state index >= 15 is 0 Å². The standard InChI is InChI=1S/C19H17N5O/c1-2-6-13(7-3-1)18-21-22-19-15-9-5-4-8-14(15)17(23-24(18)19)16-12-20-10-11-25-16/h1-9,16,20H,10-12H2. The molecule has 1 fully saturated rings. The fraction of sp³-hybridized carbons (Fsp3) is 0.211. The first kappa shape index (κ1) is 14.5. The molecule has 1 aliphatic heterocycles. The predicted octanol–water partition coefficient (Wildman–Crippen LogP) is 2.61. The molecule has 0 aliphatic carbocycles. The van der Waals surface area contributed by atoms with Gasteiger partial charge in [-0.1, -0.05) is 54.6 Å². The van der Waals surface area contributed by atoms with Crippen LogP contribution in [0.3, 0.4) is 0 Å². The van der Waals surface area contributed by atoms with E-state index in [2.05, 4.69) is 27.6 Å². The number of rotatable bonds is 2. The molecular formula is C19H17N5O. The smallest absolute Gasteiger partial charge is 0.186 e. The lowest BCUT2D eigenvalue weighted by atomic mass is 10.1. The molecule has 1 atom stereocenters. The number of benzene rings is 2. The van der Waals surface area contributed by atoms with Crippen molar-refractivity contribution in [2.45, 2.75) is 6.10 Å². The minimum Gasteiger partial charge on any atom is -0.369 e. The van der Waals surface area contributed by atoms with Crippen LogP contribution in [0.1, 0.15) is 11.8 Å². The number of aromatic nitrogens is 4. The van der Waals surface area contributed by atoms with Crippen LogP contribution in [-0.2, 0) is 4.74 Å². The van der Waals surface area contributed by atoms with Gasteiger partial charge < -0.3 is 10.1 Å². The van der Waals surface area contributed by atoms with E-state index in [1.54, 1.807) is 0 Å². The molecule has 0 saturated carbocycles. The monoisotopic (exact) mass is 331 g/mol. The maximum absolute atomic E-state index is 5.96. The van der Waals surface area contributed by atoms with E-state index in [1.165, 1.54) is 0 Å². The third kappa shape index (κ3) is 2.38. The molecule has 2 aromatic heterocycles. The first-order valence-corrected chi connectivity index (χ1v) is 8.43. The molecular weight excluding hydrogens is 314 g/mol. The zero-order chi connectivity index (χ0) is 16.6. The predicted molar refractivity (Wildman–Crippen MR) is 95.3 cm³/mol. The van der Waals surface area contributed by atoms with Crippen LogP contribution in [0.15, 0.2) is 54.6 Å². The van der Waals surface area contributed by atoms with Crippen LogP contribution in [0.5, 0.6) is 0 Å². The van der Waals surface area contributed by atoms with Crippen LogP contribution in [-0.4, -0.2) is 39.5 Å². The number of nitrogens with zero attached hydrogens (tertiary/aromatic N) is 4. The lowest BCUT2D eigenvalue weighted by molar-refractivity contribution is 0.0254. The van der Waals surface area contributed by atoms with Crippen molar-refractivity contribution in [2.75, 3.05) is 19.7 Å². The highest BCUT2D eigenvalue weighted by Crippen LogP contribution is 2.29. The summed E-state index contributed by atoms with van der Waals surface area (Å²) in [6.45, 7) is 2.32. The van der Waals surface area contributed by atoms with E-state index in [0.29, 0.717) is 6.61 Å². The second kappa shape index (κ2) is 5.91. The Morgan fingerprint density at radius 2 is 1.76 bits per heavy atom. The molecule has 1 saturated heterocycles.